The van der Waals surface area contributed by atoms with Gasteiger partial charge < -0.3 is 10.0 Å². The molecular formula is C12H17ClN2OS. The van der Waals surface area contributed by atoms with Gasteiger partial charge in [0.2, 0.25) is 0 Å². The maximum atomic E-state index is 9.16. The minimum absolute atomic E-state index is 0.00278. The number of halogens is 1. The molecule has 3 rings (SSSR count). The summed E-state index contributed by atoms with van der Waals surface area (Å²) in [7, 11) is 0. The van der Waals surface area contributed by atoms with Crippen LogP contribution in [0, 0.1) is 11.8 Å². The van der Waals surface area contributed by atoms with Crippen LogP contribution in [0.25, 0.3) is 0 Å². The molecule has 2 bridgehead atoms. The van der Waals surface area contributed by atoms with Gasteiger partial charge in [-0.25, -0.2) is 4.98 Å². The molecule has 1 N–H and O–H groups in total. The first-order valence-electron chi connectivity index (χ1n) is 6.27. The summed E-state index contributed by atoms with van der Waals surface area (Å²) in [5, 5.41) is 10.6. The molecule has 0 aromatic carbocycles. The summed E-state index contributed by atoms with van der Waals surface area (Å²) in [6.07, 6.45) is 5.50. The topological polar surface area (TPSA) is 36.4 Å². The van der Waals surface area contributed by atoms with Crippen LogP contribution in [0.4, 0.5) is 5.13 Å². The summed E-state index contributed by atoms with van der Waals surface area (Å²) in [5.41, 5.74) is 0. The van der Waals surface area contributed by atoms with Crippen LogP contribution in [0.1, 0.15) is 30.6 Å². The smallest absolute Gasteiger partial charge is 0.187 e. The van der Waals surface area contributed by atoms with Gasteiger partial charge in [-0.2, -0.15) is 0 Å². The van der Waals surface area contributed by atoms with Crippen LogP contribution < -0.4 is 4.90 Å². The standard InChI is InChI=1S/C12H17ClN2OS/c13-11-10(7-16)17-12(14-11)15-5-8-2-1-3-9(4-8)6-15/h8-9,16H,1-7H2. The van der Waals surface area contributed by atoms with Crippen molar-refractivity contribution in [2.24, 2.45) is 11.8 Å². The molecule has 1 aromatic rings. The average molecular weight is 273 g/mol. The van der Waals surface area contributed by atoms with Crippen molar-refractivity contribution in [2.75, 3.05) is 18.0 Å². The molecule has 5 heteroatoms. The zero-order chi connectivity index (χ0) is 11.8. The Labute approximate surface area is 110 Å². The van der Waals surface area contributed by atoms with Crippen LogP contribution in [0.5, 0.6) is 0 Å². The van der Waals surface area contributed by atoms with Crippen LogP contribution in [0.2, 0.25) is 5.15 Å². The van der Waals surface area contributed by atoms with Gasteiger partial charge in [0.1, 0.15) is 5.15 Å². The van der Waals surface area contributed by atoms with Crippen LogP contribution in [0.3, 0.4) is 0 Å². The number of rotatable bonds is 2. The number of thiazole rings is 1. The van der Waals surface area contributed by atoms with Gasteiger partial charge in [0.05, 0.1) is 11.5 Å². The maximum Gasteiger partial charge on any atom is 0.187 e. The van der Waals surface area contributed by atoms with Crippen LogP contribution in [0.15, 0.2) is 0 Å². The van der Waals surface area contributed by atoms with Gasteiger partial charge in [-0.1, -0.05) is 29.4 Å². The number of aromatic nitrogens is 1. The van der Waals surface area contributed by atoms with E-state index in [-0.39, 0.29) is 6.61 Å². The lowest BCUT2D eigenvalue weighted by Gasteiger charge is -2.41. The highest BCUT2D eigenvalue weighted by molar-refractivity contribution is 7.16. The molecule has 1 aliphatic heterocycles. The molecule has 1 aromatic heterocycles. The van der Waals surface area contributed by atoms with E-state index in [2.05, 4.69) is 9.88 Å². The van der Waals surface area contributed by atoms with Crippen LogP contribution in [-0.2, 0) is 6.61 Å². The lowest BCUT2D eigenvalue weighted by atomic mass is 9.78. The van der Waals surface area contributed by atoms with Gasteiger partial charge in [-0.15, -0.1) is 0 Å². The number of hydrogen-bond acceptors (Lipinski definition) is 4. The first-order valence-corrected chi connectivity index (χ1v) is 7.46. The van der Waals surface area contributed by atoms with Crippen molar-refractivity contribution < 1.29 is 5.11 Å². The van der Waals surface area contributed by atoms with E-state index in [1.54, 1.807) is 0 Å². The monoisotopic (exact) mass is 272 g/mol. The molecule has 2 atom stereocenters. The molecule has 0 spiro atoms. The number of nitrogens with zero attached hydrogens (tertiary/aromatic N) is 2. The van der Waals surface area contributed by atoms with Gasteiger partial charge in [-0.05, 0) is 31.1 Å². The lowest BCUT2D eigenvalue weighted by molar-refractivity contribution is 0.231. The normalized spacial score (nSPS) is 28.5. The molecule has 0 radical (unpaired) electrons. The molecule has 94 valence electrons. The third kappa shape index (κ3) is 2.30. The fraction of sp³-hybridized carbons (Fsp3) is 0.750. The van der Waals surface area contributed by atoms with Crippen molar-refractivity contribution in [3.8, 4) is 0 Å². The first-order chi connectivity index (χ1) is 8.26. The molecule has 2 unspecified atom stereocenters. The summed E-state index contributed by atoms with van der Waals surface area (Å²) in [5.74, 6) is 1.67. The Hall–Kier alpha value is -0.320. The molecule has 2 heterocycles. The van der Waals surface area contributed by atoms with Gasteiger partial charge in [0.25, 0.3) is 0 Å². The third-order valence-electron chi connectivity index (χ3n) is 3.90. The summed E-state index contributed by atoms with van der Waals surface area (Å²) in [6, 6.07) is 0. The van der Waals surface area contributed by atoms with E-state index in [1.807, 2.05) is 0 Å². The minimum atomic E-state index is -0.00278. The third-order valence-corrected chi connectivity index (χ3v) is 5.43. The van der Waals surface area contributed by atoms with Crippen LogP contribution in [-0.4, -0.2) is 23.2 Å². The van der Waals surface area contributed by atoms with Crippen molar-refractivity contribution in [1.29, 1.82) is 0 Å². The van der Waals surface area contributed by atoms with Gasteiger partial charge in [-0.3, -0.25) is 0 Å². The van der Waals surface area contributed by atoms with E-state index in [4.69, 9.17) is 16.7 Å². The highest BCUT2D eigenvalue weighted by Crippen LogP contribution is 2.38. The molecule has 2 fully saturated rings. The second-order valence-electron chi connectivity index (χ2n) is 5.17. The summed E-state index contributed by atoms with van der Waals surface area (Å²) in [6.45, 7) is 2.23. The lowest BCUT2D eigenvalue weighted by Crippen LogP contribution is -2.42. The van der Waals surface area contributed by atoms with E-state index in [0.717, 1.165) is 34.9 Å². The second kappa shape index (κ2) is 4.75. The predicted octanol–water partition coefficient (Wildman–Crippen LogP) is 2.92. The van der Waals surface area contributed by atoms with Gasteiger partial charge in [0.15, 0.2) is 5.13 Å². The van der Waals surface area contributed by atoms with E-state index >= 15 is 0 Å². The number of aliphatic hydroxyl groups is 1. The SMILES string of the molecule is OCc1sc(N2CC3CCCC(C3)C2)nc1Cl. The summed E-state index contributed by atoms with van der Waals surface area (Å²) >= 11 is 7.54. The Kier molecular flexibility index (Phi) is 3.28. The van der Waals surface area contributed by atoms with Crippen molar-refractivity contribution in [3.05, 3.63) is 10.0 Å². The second-order valence-corrected chi connectivity index (χ2v) is 6.59. The number of hydrogen-bond donors (Lipinski definition) is 1. The maximum absolute atomic E-state index is 9.16. The molecule has 17 heavy (non-hydrogen) atoms. The van der Waals surface area contributed by atoms with E-state index in [9.17, 15) is 0 Å². The Bertz CT molecular complexity index is 397. The largest absolute Gasteiger partial charge is 0.391 e. The Balaban J connectivity index is 1.79. The molecule has 1 saturated heterocycles. The van der Waals surface area contributed by atoms with E-state index < -0.39 is 0 Å². The Morgan fingerprint density at radius 3 is 2.65 bits per heavy atom. The predicted molar refractivity (Wildman–Crippen MR) is 70.7 cm³/mol. The summed E-state index contributed by atoms with van der Waals surface area (Å²) in [4.78, 5) is 7.54. The quantitative estimate of drug-likeness (QED) is 0.899. The van der Waals surface area contributed by atoms with E-state index in [1.165, 1.54) is 37.0 Å². The van der Waals surface area contributed by atoms with Gasteiger partial charge >= 0.3 is 0 Å². The first kappa shape index (κ1) is 11.8. The minimum Gasteiger partial charge on any atom is -0.391 e. The van der Waals surface area contributed by atoms with Crippen molar-refractivity contribution >= 4 is 28.1 Å². The fourth-order valence-corrected chi connectivity index (χ4v) is 4.28. The zero-order valence-corrected chi connectivity index (χ0v) is 11.3. The summed E-state index contributed by atoms with van der Waals surface area (Å²) < 4.78 is 0. The Morgan fingerprint density at radius 2 is 2.06 bits per heavy atom. The number of fused-ring (bicyclic) bond motifs is 2. The Morgan fingerprint density at radius 1 is 1.35 bits per heavy atom. The average Bonchev–Trinajstić information content (AvgIpc) is 2.70. The molecule has 1 aliphatic carbocycles. The van der Waals surface area contributed by atoms with Crippen molar-refractivity contribution in [1.82, 2.24) is 4.98 Å². The molecule has 0 amide bonds. The number of anilines is 1. The highest BCUT2D eigenvalue weighted by atomic mass is 35.5. The molecule has 2 aliphatic rings. The van der Waals surface area contributed by atoms with Crippen molar-refractivity contribution in [2.45, 2.75) is 32.3 Å². The number of piperidine rings is 1. The van der Waals surface area contributed by atoms with E-state index in [0.29, 0.717) is 5.15 Å². The fourth-order valence-electron chi connectivity index (χ4n) is 3.14. The molecule has 1 saturated carbocycles. The van der Waals surface area contributed by atoms with Crippen LogP contribution >= 0.6 is 22.9 Å². The zero-order valence-electron chi connectivity index (χ0n) is 9.73. The molecule has 3 nitrogen and oxygen atoms in total. The molecular weight excluding hydrogens is 256 g/mol. The highest BCUT2D eigenvalue weighted by Gasteiger charge is 2.31. The van der Waals surface area contributed by atoms with Gasteiger partial charge in [0, 0.05) is 13.1 Å². The number of aliphatic hydroxyl groups excluding tert-OH is 1. The van der Waals surface area contributed by atoms with Crippen molar-refractivity contribution in [3.63, 3.8) is 0 Å².